The molecule has 4 N–H and O–H groups in total. The number of carbonyl (C=O) groups is 3. The van der Waals surface area contributed by atoms with Crippen molar-refractivity contribution in [3.05, 3.63) is 45.3 Å². The second-order valence-corrected chi connectivity index (χ2v) is 9.39. The van der Waals surface area contributed by atoms with E-state index in [1.807, 2.05) is 45.9 Å². The third-order valence-electron chi connectivity index (χ3n) is 5.67. The quantitative estimate of drug-likeness (QED) is 0.553. The van der Waals surface area contributed by atoms with Crippen molar-refractivity contribution in [2.24, 2.45) is 5.73 Å². The molecule has 3 rings (SSSR count). The van der Waals surface area contributed by atoms with Crippen molar-refractivity contribution in [1.29, 1.82) is 0 Å². The van der Waals surface area contributed by atoms with Crippen molar-refractivity contribution >= 4 is 39.7 Å². The maximum absolute atomic E-state index is 12.7. The molecule has 2 aromatic rings. The number of nitrogens with two attached hydrogens (primary N) is 1. The lowest BCUT2D eigenvalue weighted by molar-refractivity contribution is -0.119. The number of para-hydroxylation sites is 1. The highest BCUT2D eigenvalue weighted by molar-refractivity contribution is 7.16. The lowest BCUT2D eigenvalue weighted by atomic mass is 10.1. The van der Waals surface area contributed by atoms with Gasteiger partial charge in [-0.1, -0.05) is 18.2 Å². The first-order valence-corrected chi connectivity index (χ1v) is 11.3. The van der Waals surface area contributed by atoms with E-state index in [0.29, 0.717) is 23.2 Å². The van der Waals surface area contributed by atoms with E-state index in [4.69, 9.17) is 5.73 Å². The molecule has 0 spiro atoms. The number of benzene rings is 1. The van der Waals surface area contributed by atoms with Crippen molar-refractivity contribution < 1.29 is 14.4 Å². The van der Waals surface area contributed by atoms with Crippen LogP contribution in [-0.2, 0) is 9.59 Å². The topological polar surface area (TPSA) is 105 Å². The van der Waals surface area contributed by atoms with Gasteiger partial charge in [-0.15, -0.1) is 11.3 Å². The molecule has 0 bridgehead atoms. The van der Waals surface area contributed by atoms with Gasteiger partial charge in [0, 0.05) is 29.6 Å². The standard InChI is InChI=1S/C23H30N4O3S/c1-13-6-5-7-14(2)21(13)25-19(29)12-27(17-8-9-17)11-10-18(28)26-23-20(22(24)30)15(3)16(4)31-23/h5-7,17H,8-12H2,1-4H3,(H2,24,30)(H,25,29)(H,26,28). The number of nitrogens with one attached hydrogen (secondary N) is 2. The summed E-state index contributed by atoms with van der Waals surface area (Å²) in [4.78, 5) is 39.9. The summed E-state index contributed by atoms with van der Waals surface area (Å²) in [5.74, 6) is -0.810. The predicted molar refractivity (Wildman–Crippen MR) is 125 cm³/mol. The highest BCUT2D eigenvalue weighted by Crippen LogP contribution is 2.32. The van der Waals surface area contributed by atoms with Gasteiger partial charge in [-0.3, -0.25) is 19.3 Å². The first-order valence-electron chi connectivity index (χ1n) is 10.5. The van der Waals surface area contributed by atoms with E-state index in [-0.39, 0.29) is 24.8 Å². The second kappa shape index (κ2) is 9.62. The molecule has 3 amide bonds. The van der Waals surface area contributed by atoms with E-state index in [2.05, 4.69) is 15.5 Å². The van der Waals surface area contributed by atoms with Gasteiger partial charge < -0.3 is 16.4 Å². The number of nitrogens with zero attached hydrogens (tertiary/aromatic N) is 1. The predicted octanol–water partition coefficient (Wildman–Crippen LogP) is 3.51. The Morgan fingerprint density at radius 1 is 1.06 bits per heavy atom. The molecule has 0 saturated heterocycles. The molecule has 1 saturated carbocycles. The van der Waals surface area contributed by atoms with E-state index in [0.717, 1.165) is 40.1 Å². The van der Waals surface area contributed by atoms with Crippen molar-refractivity contribution in [1.82, 2.24) is 4.90 Å². The average Bonchev–Trinajstić information content (AvgIpc) is 3.48. The third kappa shape index (κ3) is 5.71. The Bertz CT molecular complexity index is 990. The summed E-state index contributed by atoms with van der Waals surface area (Å²) in [5.41, 5.74) is 9.56. The summed E-state index contributed by atoms with van der Waals surface area (Å²) in [6, 6.07) is 6.25. The number of thiophene rings is 1. The summed E-state index contributed by atoms with van der Waals surface area (Å²) < 4.78 is 0. The lowest BCUT2D eigenvalue weighted by Crippen LogP contribution is -2.37. The van der Waals surface area contributed by atoms with Crippen molar-refractivity contribution in [3.63, 3.8) is 0 Å². The number of hydrogen-bond donors (Lipinski definition) is 3. The molecule has 1 aromatic heterocycles. The van der Waals surface area contributed by atoms with Crippen molar-refractivity contribution in [3.8, 4) is 0 Å². The van der Waals surface area contributed by atoms with Crippen LogP contribution < -0.4 is 16.4 Å². The van der Waals surface area contributed by atoms with Gasteiger partial charge in [0.15, 0.2) is 0 Å². The summed E-state index contributed by atoms with van der Waals surface area (Å²) in [7, 11) is 0. The SMILES string of the molecule is Cc1cccc(C)c1NC(=O)CN(CCC(=O)Nc1sc(C)c(C)c1C(N)=O)C1CC1. The number of aryl methyl sites for hydroxylation is 3. The van der Waals surface area contributed by atoms with Crippen molar-refractivity contribution in [2.45, 2.75) is 53.0 Å². The molecule has 1 fully saturated rings. The zero-order chi connectivity index (χ0) is 22.7. The minimum absolute atomic E-state index is 0.0785. The normalized spacial score (nSPS) is 13.3. The summed E-state index contributed by atoms with van der Waals surface area (Å²) in [6.45, 7) is 8.39. The Kier molecular flexibility index (Phi) is 7.12. The van der Waals surface area contributed by atoms with Crippen LogP contribution in [0.2, 0.25) is 0 Å². The van der Waals surface area contributed by atoms with Gasteiger partial charge in [0.1, 0.15) is 5.00 Å². The van der Waals surface area contributed by atoms with E-state index >= 15 is 0 Å². The fourth-order valence-electron chi connectivity index (χ4n) is 3.65. The van der Waals surface area contributed by atoms with Crippen LogP contribution in [0.5, 0.6) is 0 Å². The number of primary amides is 1. The molecule has 7 nitrogen and oxygen atoms in total. The van der Waals surface area contributed by atoms with Gasteiger partial charge >= 0.3 is 0 Å². The first kappa shape index (κ1) is 23.0. The van der Waals surface area contributed by atoms with Gasteiger partial charge in [-0.05, 0) is 57.2 Å². The molecule has 166 valence electrons. The number of carbonyl (C=O) groups excluding carboxylic acids is 3. The fraction of sp³-hybridized carbons (Fsp3) is 0.435. The Hall–Kier alpha value is -2.71. The van der Waals surface area contributed by atoms with Gasteiger partial charge in [0.25, 0.3) is 5.91 Å². The number of anilines is 2. The van der Waals surface area contributed by atoms with Crippen LogP contribution in [0.4, 0.5) is 10.7 Å². The molecule has 1 heterocycles. The Labute approximate surface area is 187 Å². The van der Waals surface area contributed by atoms with Crippen LogP contribution in [-0.4, -0.2) is 41.8 Å². The van der Waals surface area contributed by atoms with Crippen molar-refractivity contribution in [2.75, 3.05) is 23.7 Å². The third-order valence-corrected chi connectivity index (χ3v) is 6.79. The van der Waals surface area contributed by atoms with E-state index < -0.39 is 5.91 Å². The van der Waals surface area contributed by atoms with Gasteiger partial charge in [0.2, 0.25) is 11.8 Å². The summed E-state index contributed by atoms with van der Waals surface area (Å²) in [5, 5.41) is 6.34. The smallest absolute Gasteiger partial charge is 0.251 e. The Balaban J connectivity index is 1.58. The number of hydrogen-bond acceptors (Lipinski definition) is 5. The van der Waals surface area contributed by atoms with Crippen LogP contribution in [0.25, 0.3) is 0 Å². The molecule has 1 aliphatic rings. The number of rotatable bonds is 9. The first-order chi connectivity index (χ1) is 14.7. The molecular weight excluding hydrogens is 412 g/mol. The van der Waals surface area contributed by atoms with Crippen LogP contribution in [0, 0.1) is 27.7 Å². The molecule has 31 heavy (non-hydrogen) atoms. The average molecular weight is 443 g/mol. The monoisotopic (exact) mass is 442 g/mol. The van der Waals surface area contributed by atoms with Crippen LogP contribution in [0.15, 0.2) is 18.2 Å². The lowest BCUT2D eigenvalue weighted by Gasteiger charge is -2.22. The molecule has 0 atom stereocenters. The fourth-order valence-corrected chi connectivity index (χ4v) is 4.73. The largest absolute Gasteiger partial charge is 0.365 e. The molecule has 0 radical (unpaired) electrons. The molecule has 1 aromatic carbocycles. The Morgan fingerprint density at radius 2 is 1.71 bits per heavy atom. The zero-order valence-electron chi connectivity index (χ0n) is 18.5. The van der Waals surface area contributed by atoms with E-state index in [9.17, 15) is 14.4 Å². The van der Waals surface area contributed by atoms with Crippen LogP contribution in [0.3, 0.4) is 0 Å². The molecule has 1 aliphatic carbocycles. The Morgan fingerprint density at radius 3 is 2.29 bits per heavy atom. The van der Waals surface area contributed by atoms with Crippen LogP contribution >= 0.6 is 11.3 Å². The summed E-state index contributed by atoms with van der Waals surface area (Å²) in [6.07, 6.45) is 2.31. The minimum Gasteiger partial charge on any atom is -0.365 e. The highest BCUT2D eigenvalue weighted by atomic mass is 32.1. The number of amides is 3. The molecule has 0 aliphatic heterocycles. The highest BCUT2D eigenvalue weighted by Gasteiger charge is 2.30. The molecular formula is C23H30N4O3S. The van der Waals surface area contributed by atoms with E-state index in [1.54, 1.807) is 0 Å². The minimum atomic E-state index is -0.542. The molecule has 0 unspecified atom stereocenters. The van der Waals surface area contributed by atoms with Crippen LogP contribution in [0.1, 0.15) is 51.2 Å². The zero-order valence-corrected chi connectivity index (χ0v) is 19.3. The molecule has 8 heteroatoms. The van der Waals surface area contributed by atoms with E-state index in [1.165, 1.54) is 11.3 Å². The van der Waals surface area contributed by atoms with Gasteiger partial charge in [-0.25, -0.2) is 0 Å². The summed E-state index contributed by atoms with van der Waals surface area (Å²) >= 11 is 1.35. The van der Waals surface area contributed by atoms with Gasteiger partial charge in [0.05, 0.1) is 12.1 Å². The second-order valence-electron chi connectivity index (χ2n) is 8.17. The maximum Gasteiger partial charge on any atom is 0.251 e. The maximum atomic E-state index is 12.7. The van der Waals surface area contributed by atoms with Gasteiger partial charge in [-0.2, -0.15) is 0 Å².